The first kappa shape index (κ1) is 28.9. The van der Waals surface area contributed by atoms with E-state index in [4.69, 9.17) is 4.74 Å². The SMILES string of the molecule is CNCC(CC1CCCCC1)NC(=O)N1CCC[C@@H]([C@](O)(CCCCOC)c2ccc(C)c(F)c2)C1. The number of carbonyl (C=O) groups is 1. The second-order valence-corrected chi connectivity index (χ2v) is 11.1. The van der Waals surface area contributed by atoms with E-state index in [0.29, 0.717) is 43.2 Å². The molecule has 3 atom stereocenters. The third-order valence-electron chi connectivity index (χ3n) is 8.33. The first-order valence-corrected chi connectivity index (χ1v) is 14.0. The zero-order valence-electron chi connectivity index (χ0n) is 22.7. The molecule has 0 spiro atoms. The van der Waals surface area contributed by atoms with Gasteiger partial charge in [-0.1, -0.05) is 44.2 Å². The van der Waals surface area contributed by atoms with E-state index in [1.165, 1.54) is 38.2 Å². The topological polar surface area (TPSA) is 73.8 Å². The number of hydrogen-bond acceptors (Lipinski definition) is 4. The van der Waals surface area contributed by atoms with Crippen molar-refractivity contribution >= 4 is 6.03 Å². The fourth-order valence-corrected chi connectivity index (χ4v) is 6.17. The number of unbranched alkanes of at least 4 members (excludes halogenated alkanes) is 1. The van der Waals surface area contributed by atoms with Gasteiger partial charge in [-0.3, -0.25) is 0 Å². The Labute approximate surface area is 217 Å². The number of benzene rings is 1. The van der Waals surface area contributed by atoms with Crippen LogP contribution in [-0.2, 0) is 10.3 Å². The number of likely N-dealkylation sites (N-methyl/N-ethyl adjacent to an activating group) is 1. The van der Waals surface area contributed by atoms with Crippen molar-refractivity contribution in [2.75, 3.05) is 40.4 Å². The van der Waals surface area contributed by atoms with E-state index in [-0.39, 0.29) is 23.8 Å². The molecule has 3 N–H and O–H groups in total. The van der Waals surface area contributed by atoms with Gasteiger partial charge in [-0.15, -0.1) is 0 Å². The minimum atomic E-state index is -1.19. The second kappa shape index (κ2) is 14.3. The maximum atomic E-state index is 14.5. The molecular weight excluding hydrogens is 457 g/mol. The molecule has 0 bridgehead atoms. The van der Waals surface area contributed by atoms with Crippen LogP contribution in [0.15, 0.2) is 18.2 Å². The summed E-state index contributed by atoms with van der Waals surface area (Å²) in [5, 5.41) is 18.6. The molecule has 1 aliphatic heterocycles. The van der Waals surface area contributed by atoms with Crippen LogP contribution in [0.3, 0.4) is 0 Å². The van der Waals surface area contributed by atoms with E-state index in [9.17, 15) is 14.3 Å². The van der Waals surface area contributed by atoms with Crippen molar-refractivity contribution in [2.24, 2.45) is 11.8 Å². The predicted molar refractivity (Wildman–Crippen MR) is 142 cm³/mol. The number of carbonyl (C=O) groups excluding carboxylic acids is 1. The van der Waals surface area contributed by atoms with Crippen molar-refractivity contribution in [3.8, 4) is 0 Å². The Kier molecular flexibility index (Phi) is 11.5. The summed E-state index contributed by atoms with van der Waals surface area (Å²) >= 11 is 0. The van der Waals surface area contributed by atoms with Crippen LogP contribution in [0.2, 0.25) is 0 Å². The average Bonchev–Trinajstić information content (AvgIpc) is 2.89. The van der Waals surface area contributed by atoms with Crippen LogP contribution < -0.4 is 10.6 Å². The fraction of sp³-hybridized carbons (Fsp3) is 0.759. The number of halogens is 1. The molecule has 7 heteroatoms. The summed E-state index contributed by atoms with van der Waals surface area (Å²) in [6, 6.07) is 5.13. The van der Waals surface area contributed by atoms with Crippen molar-refractivity contribution in [3.05, 3.63) is 35.1 Å². The van der Waals surface area contributed by atoms with Crippen LogP contribution in [0.1, 0.15) is 81.8 Å². The summed E-state index contributed by atoms with van der Waals surface area (Å²) in [4.78, 5) is 15.2. The van der Waals surface area contributed by atoms with Gasteiger partial charge in [-0.25, -0.2) is 9.18 Å². The lowest BCUT2D eigenvalue weighted by Crippen LogP contribution is -2.54. The van der Waals surface area contributed by atoms with Crippen molar-refractivity contribution < 1.29 is 19.0 Å². The number of methoxy groups -OCH3 is 1. The Morgan fingerprint density at radius 2 is 2.00 bits per heavy atom. The minimum absolute atomic E-state index is 0.0485. The summed E-state index contributed by atoms with van der Waals surface area (Å²) in [7, 11) is 3.61. The van der Waals surface area contributed by atoms with Crippen LogP contribution in [-0.4, -0.2) is 62.5 Å². The lowest BCUT2D eigenvalue weighted by atomic mass is 9.74. The van der Waals surface area contributed by atoms with E-state index in [2.05, 4.69) is 10.6 Å². The first-order valence-electron chi connectivity index (χ1n) is 14.0. The number of aryl methyl sites for hydroxylation is 1. The normalized spacial score (nSPS) is 21.7. The maximum Gasteiger partial charge on any atom is 0.317 e. The Bertz CT molecular complexity index is 817. The number of amides is 2. The minimum Gasteiger partial charge on any atom is -0.385 e. The summed E-state index contributed by atoms with van der Waals surface area (Å²) < 4.78 is 19.7. The van der Waals surface area contributed by atoms with E-state index >= 15 is 0 Å². The number of piperidine rings is 1. The van der Waals surface area contributed by atoms with Crippen molar-refractivity contribution in [2.45, 2.75) is 89.2 Å². The van der Waals surface area contributed by atoms with Gasteiger partial charge in [-0.05, 0) is 75.6 Å². The number of urea groups is 1. The molecule has 0 aromatic heterocycles. The first-order chi connectivity index (χ1) is 17.4. The van der Waals surface area contributed by atoms with Gasteiger partial charge in [0.1, 0.15) is 5.82 Å². The second-order valence-electron chi connectivity index (χ2n) is 11.1. The van der Waals surface area contributed by atoms with Gasteiger partial charge in [0.25, 0.3) is 0 Å². The molecule has 3 rings (SSSR count). The molecule has 1 aliphatic carbocycles. The molecule has 1 heterocycles. The number of nitrogens with zero attached hydrogens (tertiary/aromatic N) is 1. The highest BCUT2D eigenvalue weighted by molar-refractivity contribution is 5.74. The molecule has 204 valence electrons. The van der Waals surface area contributed by atoms with E-state index in [1.807, 2.05) is 18.0 Å². The van der Waals surface area contributed by atoms with Crippen molar-refractivity contribution in [3.63, 3.8) is 0 Å². The van der Waals surface area contributed by atoms with Gasteiger partial charge in [0.05, 0.1) is 5.60 Å². The van der Waals surface area contributed by atoms with Gasteiger partial charge >= 0.3 is 6.03 Å². The number of rotatable bonds is 12. The van der Waals surface area contributed by atoms with E-state index in [0.717, 1.165) is 38.6 Å². The fourth-order valence-electron chi connectivity index (χ4n) is 6.17. The van der Waals surface area contributed by atoms with E-state index in [1.54, 1.807) is 20.1 Å². The van der Waals surface area contributed by atoms with Gasteiger partial charge in [0.2, 0.25) is 0 Å². The predicted octanol–water partition coefficient (Wildman–Crippen LogP) is 5.12. The van der Waals surface area contributed by atoms with Crippen LogP contribution >= 0.6 is 0 Å². The molecule has 0 radical (unpaired) electrons. The Balaban J connectivity index is 1.70. The number of likely N-dealkylation sites (tertiary alicyclic amines) is 1. The third kappa shape index (κ3) is 7.90. The lowest BCUT2D eigenvalue weighted by Gasteiger charge is -2.43. The summed E-state index contributed by atoms with van der Waals surface area (Å²) in [5.74, 6) is 0.230. The monoisotopic (exact) mass is 505 g/mol. The standard InChI is InChI=1S/C29H48FN3O3/c1-22-13-14-24(19-27(22)30)29(35,15-7-8-17-36-3)25-12-9-16-33(21-25)28(34)32-26(20-31-2)18-23-10-5-4-6-11-23/h13-14,19,23,25-26,31,35H,4-12,15-18,20-21H2,1-3H3,(H,32,34)/t25-,26?,29+/m1/s1. The van der Waals surface area contributed by atoms with Crippen molar-refractivity contribution in [1.82, 2.24) is 15.5 Å². The summed E-state index contributed by atoms with van der Waals surface area (Å²) in [6.07, 6.45) is 11.2. The molecule has 1 aromatic rings. The lowest BCUT2D eigenvalue weighted by molar-refractivity contribution is -0.0566. The summed E-state index contributed by atoms with van der Waals surface area (Å²) in [6.45, 7) is 4.27. The molecule has 2 fully saturated rings. The third-order valence-corrected chi connectivity index (χ3v) is 8.33. The quantitative estimate of drug-likeness (QED) is 0.345. The average molecular weight is 506 g/mol. The van der Waals surface area contributed by atoms with Crippen LogP contribution in [0, 0.1) is 24.6 Å². The molecule has 1 aromatic carbocycles. The zero-order chi connectivity index (χ0) is 26.0. The zero-order valence-corrected chi connectivity index (χ0v) is 22.7. The Hall–Kier alpha value is -1.70. The highest BCUT2D eigenvalue weighted by atomic mass is 19.1. The number of ether oxygens (including phenoxy) is 1. The maximum absolute atomic E-state index is 14.5. The van der Waals surface area contributed by atoms with E-state index < -0.39 is 5.60 Å². The molecule has 1 unspecified atom stereocenters. The molecule has 1 saturated heterocycles. The van der Waals surface area contributed by atoms with Gasteiger partial charge in [0.15, 0.2) is 0 Å². The molecular formula is C29H48FN3O3. The van der Waals surface area contributed by atoms with Crippen LogP contribution in [0.5, 0.6) is 0 Å². The van der Waals surface area contributed by atoms with Gasteiger partial charge < -0.3 is 25.4 Å². The molecule has 6 nitrogen and oxygen atoms in total. The molecule has 2 aliphatic rings. The molecule has 36 heavy (non-hydrogen) atoms. The van der Waals surface area contributed by atoms with Gasteiger partial charge in [-0.2, -0.15) is 0 Å². The largest absolute Gasteiger partial charge is 0.385 e. The van der Waals surface area contributed by atoms with Crippen LogP contribution in [0.25, 0.3) is 0 Å². The smallest absolute Gasteiger partial charge is 0.317 e. The summed E-state index contributed by atoms with van der Waals surface area (Å²) in [5.41, 5.74) is -0.00689. The van der Waals surface area contributed by atoms with Gasteiger partial charge in [0, 0.05) is 45.3 Å². The Morgan fingerprint density at radius 3 is 2.69 bits per heavy atom. The highest BCUT2D eigenvalue weighted by Gasteiger charge is 2.41. The number of hydrogen-bond donors (Lipinski definition) is 3. The number of aliphatic hydroxyl groups is 1. The molecule has 1 saturated carbocycles. The highest BCUT2D eigenvalue weighted by Crippen LogP contribution is 2.40. The van der Waals surface area contributed by atoms with Crippen molar-refractivity contribution in [1.29, 1.82) is 0 Å². The van der Waals surface area contributed by atoms with Crippen LogP contribution in [0.4, 0.5) is 9.18 Å². The number of nitrogens with one attached hydrogen (secondary N) is 2. The molecule has 2 amide bonds. The Morgan fingerprint density at radius 1 is 1.22 bits per heavy atom.